The average molecular weight is 782 g/mol. The van der Waals surface area contributed by atoms with Crippen molar-refractivity contribution in [2.45, 2.75) is 116 Å². The van der Waals surface area contributed by atoms with Gasteiger partial charge in [0.15, 0.2) is 18.3 Å². The Bertz CT molecular complexity index is 1460. The molecule has 0 saturated carbocycles. The fourth-order valence-electron chi connectivity index (χ4n) is 5.39. The summed E-state index contributed by atoms with van der Waals surface area (Å²) in [7, 11) is 0. The van der Waals surface area contributed by atoms with E-state index >= 15 is 0 Å². The molecule has 17 heteroatoms. The molecule has 3 amide bonds. The quantitative estimate of drug-likeness (QED) is 0.122. The molecular formula is C34H51BrN7O9+. The van der Waals surface area contributed by atoms with Gasteiger partial charge in [0.25, 0.3) is 5.91 Å². The van der Waals surface area contributed by atoms with Gasteiger partial charge in [-0.05, 0) is 105 Å². The van der Waals surface area contributed by atoms with E-state index in [1.54, 1.807) is 78.1 Å². The fraction of sp³-hybridized carbons (Fsp3) is 0.618. The Kier molecular flexibility index (Phi) is 13.2. The first-order chi connectivity index (χ1) is 23.8. The van der Waals surface area contributed by atoms with Crippen LogP contribution < -0.4 is 26.3 Å². The van der Waals surface area contributed by atoms with Crippen molar-refractivity contribution in [2.24, 2.45) is 4.99 Å². The van der Waals surface area contributed by atoms with Gasteiger partial charge < -0.3 is 39.0 Å². The standard InChI is InChI=1S/C34H50BrN7O9/c1-32(2,3)50-30(45)40-28(41-31(46)51-33(4,5)6)36-16-9-10-17-37-29-39-23(38-26(44)20-11-13-21(35)14-12-20)15-18-42(29)27-25-24(22(19-43)47-27)48-34(7,8)49-25/h11-15,18,22,24-25,27,29,37,43H,9-10,16-17,19H2,1-8H3,(H,38,39,44)(H2,36,40,41,45,46)/p+1/t22-,24-,25-,27-,29?/m1/s1. The summed E-state index contributed by atoms with van der Waals surface area (Å²) >= 11 is 3.38. The minimum absolute atomic E-state index is 0.0267. The first-order valence-electron chi connectivity index (χ1n) is 16.9. The number of hydrogen-bond donors (Lipinski definition) is 6. The number of unbranched alkanes of at least 4 members (excludes halogenated alkanes) is 1. The number of guanidine groups is 1. The Hall–Kier alpha value is -3.61. The first kappa shape index (κ1) is 40.2. The van der Waals surface area contributed by atoms with Gasteiger partial charge in [-0.15, -0.1) is 0 Å². The summed E-state index contributed by atoms with van der Waals surface area (Å²) in [5.41, 5.74) is -1.01. The van der Waals surface area contributed by atoms with Gasteiger partial charge in [-0.1, -0.05) is 15.9 Å². The summed E-state index contributed by atoms with van der Waals surface area (Å²) in [6, 6.07) is 6.98. The van der Waals surface area contributed by atoms with Crippen molar-refractivity contribution >= 4 is 45.8 Å². The maximum absolute atomic E-state index is 13.0. The summed E-state index contributed by atoms with van der Waals surface area (Å²) in [4.78, 5) is 47.5. The number of carbonyl (C=O) groups is 3. The van der Waals surface area contributed by atoms with E-state index in [1.165, 1.54) is 0 Å². The number of fused-ring (bicyclic) bond motifs is 1. The molecule has 0 spiro atoms. The Balaban J connectivity index is 1.42. The molecule has 3 aliphatic rings. The molecule has 2 fully saturated rings. The molecule has 3 aliphatic heterocycles. The van der Waals surface area contributed by atoms with E-state index in [4.69, 9.17) is 28.7 Å². The van der Waals surface area contributed by atoms with E-state index < -0.39 is 60.0 Å². The number of hydrogen-bond acceptors (Lipinski definition) is 12. The number of aliphatic hydroxyl groups is 1. The van der Waals surface area contributed by atoms with Crippen LogP contribution in [0.5, 0.6) is 0 Å². The number of benzene rings is 1. The lowest BCUT2D eigenvalue weighted by molar-refractivity contribution is -0.461. The predicted octanol–water partition coefficient (Wildman–Crippen LogP) is 1.78. The van der Waals surface area contributed by atoms with Crippen molar-refractivity contribution in [3.8, 4) is 0 Å². The molecule has 6 N–H and O–H groups in total. The zero-order valence-corrected chi connectivity index (χ0v) is 32.0. The van der Waals surface area contributed by atoms with E-state index in [0.717, 1.165) is 4.47 Å². The zero-order chi connectivity index (χ0) is 37.6. The van der Waals surface area contributed by atoms with E-state index in [9.17, 15) is 19.5 Å². The van der Waals surface area contributed by atoms with Gasteiger partial charge in [0.05, 0.1) is 13.2 Å². The maximum atomic E-state index is 13.0. The lowest BCUT2D eigenvalue weighted by Crippen LogP contribution is -2.80. The van der Waals surface area contributed by atoms with Crippen LogP contribution in [0.1, 0.15) is 78.6 Å². The van der Waals surface area contributed by atoms with Gasteiger partial charge in [0.1, 0.15) is 35.3 Å². The van der Waals surface area contributed by atoms with Crippen LogP contribution in [0.4, 0.5) is 9.59 Å². The maximum Gasteiger partial charge on any atom is 0.476 e. The highest BCUT2D eigenvalue weighted by Gasteiger charge is 2.57. The van der Waals surface area contributed by atoms with Crippen molar-refractivity contribution in [1.29, 1.82) is 0 Å². The van der Waals surface area contributed by atoms with Gasteiger partial charge in [-0.3, -0.25) is 15.1 Å². The number of carbonyl (C=O) groups excluding carboxylic acids is 3. The lowest BCUT2D eigenvalue weighted by Gasteiger charge is -2.37. The normalized spacial score (nSPS) is 23.9. The molecule has 5 atom stereocenters. The zero-order valence-electron chi connectivity index (χ0n) is 30.4. The second-order valence-electron chi connectivity index (χ2n) is 14.6. The number of ether oxygens (including phenoxy) is 5. The van der Waals surface area contributed by atoms with Crippen molar-refractivity contribution in [3.05, 3.63) is 46.6 Å². The summed E-state index contributed by atoms with van der Waals surface area (Å²) in [6.45, 7) is 14.6. The molecule has 3 heterocycles. The molecule has 2 saturated heterocycles. The van der Waals surface area contributed by atoms with Crippen LogP contribution in [0.25, 0.3) is 0 Å². The van der Waals surface area contributed by atoms with Crippen LogP contribution in [-0.4, -0.2) is 107 Å². The number of halogens is 1. The highest BCUT2D eigenvalue weighted by molar-refractivity contribution is 9.10. The molecule has 282 valence electrons. The van der Waals surface area contributed by atoms with Gasteiger partial charge >= 0.3 is 18.1 Å². The van der Waals surface area contributed by atoms with Crippen LogP contribution in [0.3, 0.4) is 0 Å². The van der Waals surface area contributed by atoms with E-state index in [0.29, 0.717) is 37.3 Å². The van der Waals surface area contributed by atoms with Gasteiger partial charge in [-0.2, -0.15) is 10.6 Å². The highest BCUT2D eigenvalue weighted by Crippen LogP contribution is 2.40. The number of aliphatic imine (C=N–C) groups is 1. The molecule has 1 unspecified atom stereocenters. The molecule has 0 aromatic heterocycles. The molecular weight excluding hydrogens is 730 g/mol. The number of rotatable bonds is 9. The monoisotopic (exact) mass is 780 g/mol. The Labute approximate surface area is 306 Å². The fourth-order valence-corrected chi connectivity index (χ4v) is 5.65. The van der Waals surface area contributed by atoms with Crippen LogP contribution in [-0.2, 0) is 23.7 Å². The molecule has 0 bridgehead atoms. The van der Waals surface area contributed by atoms with Crippen molar-refractivity contribution in [1.82, 2.24) is 26.2 Å². The number of nitrogens with zero attached hydrogens (tertiary/aromatic N) is 2. The van der Waals surface area contributed by atoms with E-state index in [-0.39, 0.29) is 18.5 Å². The van der Waals surface area contributed by atoms with Crippen molar-refractivity contribution < 1.29 is 48.2 Å². The third kappa shape index (κ3) is 12.2. The molecule has 1 aromatic carbocycles. The molecule has 0 radical (unpaired) electrons. The third-order valence-corrected chi connectivity index (χ3v) is 7.91. The largest absolute Gasteiger partial charge is 0.476 e. The van der Waals surface area contributed by atoms with Crippen LogP contribution >= 0.6 is 15.9 Å². The number of amidine groups is 1. The summed E-state index contributed by atoms with van der Waals surface area (Å²) in [5, 5.41) is 21.4. The number of nitrogens with one attached hydrogen (secondary N) is 5. The minimum Gasteiger partial charge on any atom is -0.432 e. The Morgan fingerprint density at radius 1 is 0.980 bits per heavy atom. The topological polar surface area (TPSA) is 195 Å². The number of aliphatic hydroxyl groups excluding tert-OH is 1. The molecule has 51 heavy (non-hydrogen) atoms. The minimum atomic E-state index is -0.861. The highest BCUT2D eigenvalue weighted by atomic mass is 79.9. The molecule has 0 aliphatic carbocycles. The van der Waals surface area contributed by atoms with Crippen molar-refractivity contribution in [2.75, 3.05) is 19.7 Å². The van der Waals surface area contributed by atoms with Crippen LogP contribution in [0.2, 0.25) is 0 Å². The van der Waals surface area contributed by atoms with Gasteiger partial charge in [0, 0.05) is 16.2 Å². The van der Waals surface area contributed by atoms with Gasteiger partial charge in [0.2, 0.25) is 0 Å². The molecule has 1 aromatic rings. The number of alkyl carbamates (subject to hydrolysis) is 2. The summed E-state index contributed by atoms with van der Waals surface area (Å²) < 4.78 is 30.0. The second-order valence-corrected chi connectivity index (χ2v) is 15.6. The van der Waals surface area contributed by atoms with Crippen molar-refractivity contribution in [3.63, 3.8) is 0 Å². The van der Waals surface area contributed by atoms with Gasteiger partial charge in [-0.25, -0.2) is 14.6 Å². The summed E-state index contributed by atoms with van der Waals surface area (Å²) in [6.07, 6.45) is 0.316. The Morgan fingerprint density at radius 3 is 2.18 bits per heavy atom. The second kappa shape index (κ2) is 16.8. The molecule has 4 rings (SSSR count). The average Bonchev–Trinajstić information content (AvgIpc) is 3.49. The Morgan fingerprint density at radius 2 is 1.59 bits per heavy atom. The number of amides is 3. The van der Waals surface area contributed by atoms with E-state index in [2.05, 4.69) is 42.2 Å². The predicted molar refractivity (Wildman–Crippen MR) is 190 cm³/mol. The SMILES string of the molecule is CC(C)(C)OC(=O)NC(NC(=O)OC(C)(C)C)=[NH+]CCCCNC1N=C(NC(=O)c2ccc(Br)cc2)C=CN1[C@@H]1O[C@H](CO)[C@H]2OC(C)(C)O[C@H]21. The molecule has 16 nitrogen and oxygen atoms in total. The smallest absolute Gasteiger partial charge is 0.432 e. The third-order valence-electron chi connectivity index (χ3n) is 7.38. The van der Waals surface area contributed by atoms with Crippen LogP contribution in [0.15, 0.2) is 46.0 Å². The summed E-state index contributed by atoms with van der Waals surface area (Å²) in [5.74, 6) is -0.807. The van der Waals surface area contributed by atoms with E-state index in [1.807, 2.05) is 18.7 Å². The lowest BCUT2D eigenvalue weighted by atomic mass is 10.1. The first-order valence-corrected chi connectivity index (χ1v) is 17.7. The van der Waals surface area contributed by atoms with Crippen LogP contribution in [0, 0.1) is 0 Å².